The second-order valence-electron chi connectivity index (χ2n) is 4.47. The van der Waals surface area contributed by atoms with E-state index < -0.39 is 11.9 Å². The molecule has 4 N–H and O–H groups in total. The number of ether oxygens (including phenoxy) is 3. The summed E-state index contributed by atoms with van der Waals surface area (Å²) in [5.41, 5.74) is 0.167. The van der Waals surface area contributed by atoms with Crippen molar-refractivity contribution in [3.63, 3.8) is 0 Å². The molecule has 0 amide bonds. The summed E-state index contributed by atoms with van der Waals surface area (Å²) in [6.07, 6.45) is 0. The first-order valence-electron chi connectivity index (χ1n) is 7.54. The second kappa shape index (κ2) is 15.5. The third kappa shape index (κ3) is 13.0. The van der Waals surface area contributed by atoms with Gasteiger partial charge in [-0.25, -0.2) is 9.59 Å². The first kappa shape index (κ1) is 23.0. The zero-order chi connectivity index (χ0) is 18.9. The quantitative estimate of drug-likeness (QED) is 0.382. The average Bonchev–Trinajstić information content (AvgIpc) is 2.61. The molecule has 1 aromatic carbocycles. The molecule has 142 valence electrons. The van der Waals surface area contributed by atoms with Crippen molar-refractivity contribution in [2.75, 3.05) is 52.9 Å². The smallest absolute Gasteiger partial charge is 0.335 e. The second-order valence-corrected chi connectivity index (χ2v) is 4.47. The summed E-state index contributed by atoms with van der Waals surface area (Å²) in [5.74, 6) is -2.13. The minimum Gasteiger partial charge on any atom is -0.478 e. The zero-order valence-corrected chi connectivity index (χ0v) is 13.8. The molecule has 0 heterocycles. The van der Waals surface area contributed by atoms with Gasteiger partial charge in [0.1, 0.15) is 0 Å². The number of carboxylic acids is 2. The minimum atomic E-state index is -1.06. The predicted molar refractivity (Wildman–Crippen MR) is 87.0 cm³/mol. The lowest BCUT2D eigenvalue weighted by Gasteiger charge is -2.04. The summed E-state index contributed by atoms with van der Waals surface area (Å²) in [5, 5.41) is 33.6. The Kier molecular flexibility index (Phi) is 14.2. The maximum absolute atomic E-state index is 10.3. The Morgan fingerprint density at radius 3 is 1.16 bits per heavy atom. The summed E-state index contributed by atoms with van der Waals surface area (Å²) in [7, 11) is 0. The maximum atomic E-state index is 10.3. The molecule has 9 nitrogen and oxygen atoms in total. The summed E-state index contributed by atoms with van der Waals surface area (Å²) in [6.45, 7) is 2.76. The fraction of sp³-hybridized carbons (Fsp3) is 0.500. The van der Waals surface area contributed by atoms with Crippen molar-refractivity contribution in [2.45, 2.75) is 0 Å². The van der Waals surface area contributed by atoms with E-state index in [-0.39, 0.29) is 24.3 Å². The molecule has 0 saturated heterocycles. The highest BCUT2D eigenvalue weighted by Crippen LogP contribution is 2.03. The standard InChI is InChI=1S/C8H18O5.C8H6O4/c9-1-3-11-5-7-13-8-6-12-4-2-10;9-7(10)5-1-2-6(4-3-5)8(11)12/h9-10H,1-8H2;1-4H,(H,9,10)(H,11,12). The van der Waals surface area contributed by atoms with Gasteiger partial charge >= 0.3 is 11.9 Å². The molecule has 0 fully saturated rings. The molecule has 0 atom stereocenters. The minimum absolute atomic E-state index is 0.0413. The molecular formula is C16H24O9. The summed E-state index contributed by atoms with van der Waals surface area (Å²) < 4.78 is 15.0. The molecule has 0 aliphatic rings. The summed E-state index contributed by atoms with van der Waals surface area (Å²) >= 11 is 0. The lowest BCUT2D eigenvalue weighted by Crippen LogP contribution is -2.11. The van der Waals surface area contributed by atoms with Crippen LogP contribution in [0, 0.1) is 0 Å². The van der Waals surface area contributed by atoms with E-state index in [0.717, 1.165) is 0 Å². The van der Waals surface area contributed by atoms with E-state index in [0.29, 0.717) is 39.6 Å². The van der Waals surface area contributed by atoms with Gasteiger partial charge in [0.05, 0.1) is 64.0 Å². The third-order valence-electron chi connectivity index (χ3n) is 2.59. The molecule has 0 aromatic heterocycles. The van der Waals surface area contributed by atoms with Crippen LogP contribution in [0.4, 0.5) is 0 Å². The number of carboxylic acid groups (broad SMARTS) is 2. The van der Waals surface area contributed by atoms with Gasteiger partial charge in [0.25, 0.3) is 0 Å². The molecule has 0 spiro atoms. The fourth-order valence-corrected chi connectivity index (χ4v) is 1.43. The highest BCUT2D eigenvalue weighted by molar-refractivity contribution is 5.91. The van der Waals surface area contributed by atoms with Crippen LogP contribution < -0.4 is 0 Å². The van der Waals surface area contributed by atoms with Gasteiger partial charge < -0.3 is 34.6 Å². The third-order valence-corrected chi connectivity index (χ3v) is 2.59. The van der Waals surface area contributed by atoms with E-state index in [9.17, 15) is 9.59 Å². The van der Waals surface area contributed by atoms with Crippen LogP contribution in [-0.4, -0.2) is 85.2 Å². The molecule has 0 bridgehead atoms. The summed E-state index contributed by atoms with van der Waals surface area (Å²) in [4.78, 5) is 20.7. The number of rotatable bonds is 12. The number of aliphatic hydroxyl groups is 2. The molecular weight excluding hydrogens is 336 g/mol. The van der Waals surface area contributed by atoms with Crippen molar-refractivity contribution in [1.29, 1.82) is 0 Å². The van der Waals surface area contributed by atoms with E-state index in [1.807, 2.05) is 0 Å². The van der Waals surface area contributed by atoms with Gasteiger partial charge in [-0.1, -0.05) is 0 Å². The van der Waals surface area contributed by atoms with Crippen LogP contribution in [0.1, 0.15) is 20.7 Å². The Labute approximate surface area is 145 Å². The van der Waals surface area contributed by atoms with Crippen molar-refractivity contribution in [2.24, 2.45) is 0 Å². The topological polar surface area (TPSA) is 143 Å². The molecule has 9 heteroatoms. The fourth-order valence-electron chi connectivity index (χ4n) is 1.43. The lowest BCUT2D eigenvalue weighted by atomic mass is 10.1. The molecule has 25 heavy (non-hydrogen) atoms. The Morgan fingerprint density at radius 2 is 0.920 bits per heavy atom. The summed E-state index contributed by atoms with van der Waals surface area (Å²) in [6, 6.07) is 5.02. The molecule has 0 saturated carbocycles. The first-order chi connectivity index (χ1) is 12.0. The van der Waals surface area contributed by atoms with Crippen LogP contribution in [0.15, 0.2) is 24.3 Å². The van der Waals surface area contributed by atoms with E-state index in [1.54, 1.807) is 0 Å². The predicted octanol–water partition coefficient (Wildman–Crippen LogP) is 0.104. The van der Waals surface area contributed by atoms with Crippen LogP contribution in [-0.2, 0) is 14.2 Å². The first-order valence-corrected chi connectivity index (χ1v) is 7.54. The van der Waals surface area contributed by atoms with Gasteiger partial charge in [0.15, 0.2) is 0 Å². The number of hydrogen-bond donors (Lipinski definition) is 4. The molecule has 0 radical (unpaired) electrons. The molecule has 1 aromatic rings. The molecule has 0 unspecified atom stereocenters. The molecule has 0 aliphatic heterocycles. The van der Waals surface area contributed by atoms with Crippen molar-refractivity contribution in [1.82, 2.24) is 0 Å². The number of aliphatic hydroxyl groups excluding tert-OH is 2. The van der Waals surface area contributed by atoms with Crippen molar-refractivity contribution in [3.8, 4) is 0 Å². The van der Waals surface area contributed by atoms with Crippen LogP contribution >= 0.6 is 0 Å². The van der Waals surface area contributed by atoms with E-state index in [4.69, 9.17) is 34.6 Å². The van der Waals surface area contributed by atoms with E-state index in [1.165, 1.54) is 24.3 Å². The van der Waals surface area contributed by atoms with Crippen LogP contribution in [0.3, 0.4) is 0 Å². The number of benzene rings is 1. The Bertz CT molecular complexity index is 430. The van der Waals surface area contributed by atoms with Gasteiger partial charge in [-0.3, -0.25) is 0 Å². The normalized spacial score (nSPS) is 10.0. The van der Waals surface area contributed by atoms with Gasteiger partial charge in [-0.05, 0) is 24.3 Å². The average molecular weight is 360 g/mol. The van der Waals surface area contributed by atoms with Crippen LogP contribution in [0.5, 0.6) is 0 Å². The Balaban J connectivity index is 0.000000462. The van der Waals surface area contributed by atoms with Gasteiger partial charge in [-0.15, -0.1) is 0 Å². The number of carbonyl (C=O) groups is 2. The Hall–Kier alpha value is -2.04. The van der Waals surface area contributed by atoms with E-state index in [2.05, 4.69) is 0 Å². The number of hydrogen-bond acceptors (Lipinski definition) is 7. The van der Waals surface area contributed by atoms with Crippen molar-refractivity contribution < 1.29 is 44.2 Å². The largest absolute Gasteiger partial charge is 0.478 e. The molecule has 0 aliphatic carbocycles. The lowest BCUT2D eigenvalue weighted by molar-refractivity contribution is 0.00230. The highest BCUT2D eigenvalue weighted by atomic mass is 16.5. The van der Waals surface area contributed by atoms with Gasteiger partial charge in [-0.2, -0.15) is 0 Å². The maximum Gasteiger partial charge on any atom is 0.335 e. The van der Waals surface area contributed by atoms with Gasteiger partial charge in [0, 0.05) is 0 Å². The van der Waals surface area contributed by atoms with Crippen molar-refractivity contribution in [3.05, 3.63) is 35.4 Å². The monoisotopic (exact) mass is 360 g/mol. The van der Waals surface area contributed by atoms with Crippen LogP contribution in [0.25, 0.3) is 0 Å². The van der Waals surface area contributed by atoms with E-state index >= 15 is 0 Å². The zero-order valence-electron chi connectivity index (χ0n) is 13.8. The van der Waals surface area contributed by atoms with Crippen LogP contribution in [0.2, 0.25) is 0 Å². The molecule has 1 rings (SSSR count). The van der Waals surface area contributed by atoms with Crippen molar-refractivity contribution >= 4 is 11.9 Å². The van der Waals surface area contributed by atoms with Gasteiger partial charge in [0.2, 0.25) is 0 Å². The SMILES string of the molecule is O=C(O)c1ccc(C(=O)O)cc1.OCCOCCOCCOCCO. The number of aromatic carboxylic acids is 2. The highest BCUT2D eigenvalue weighted by Gasteiger charge is 2.04. The Morgan fingerprint density at radius 1 is 0.640 bits per heavy atom.